The monoisotopic (exact) mass is 346 g/mol. The molecule has 0 spiro atoms. The van der Waals surface area contributed by atoms with Crippen LogP contribution >= 0.6 is 31.9 Å². The topological polar surface area (TPSA) is 26.9 Å². The van der Waals surface area contributed by atoms with E-state index in [4.69, 9.17) is 0 Å². The average molecular weight is 348 g/mol. The number of alkyl halides is 2. The lowest BCUT2D eigenvalue weighted by Crippen LogP contribution is -2.25. The standard InChI is InChI=1S/C11H12Br2N2O/c12-5-7-14-9-3-1-2-4-10(9)15(8-6-13)11(14)16/h1-4H,5-8H2. The van der Waals surface area contributed by atoms with Gasteiger partial charge in [0.25, 0.3) is 0 Å². The van der Waals surface area contributed by atoms with Crippen LogP contribution in [0.5, 0.6) is 0 Å². The molecule has 2 rings (SSSR count). The van der Waals surface area contributed by atoms with Gasteiger partial charge < -0.3 is 0 Å². The molecule has 1 aromatic heterocycles. The highest BCUT2D eigenvalue weighted by atomic mass is 79.9. The Hall–Kier alpha value is -0.550. The van der Waals surface area contributed by atoms with Crippen LogP contribution < -0.4 is 5.69 Å². The summed E-state index contributed by atoms with van der Waals surface area (Å²) in [6, 6.07) is 7.91. The van der Waals surface area contributed by atoms with Gasteiger partial charge in [0.2, 0.25) is 0 Å². The maximum absolute atomic E-state index is 12.2. The van der Waals surface area contributed by atoms with Gasteiger partial charge in [0.05, 0.1) is 11.0 Å². The summed E-state index contributed by atoms with van der Waals surface area (Å²) in [6.45, 7) is 1.41. The Morgan fingerprint density at radius 2 is 1.38 bits per heavy atom. The van der Waals surface area contributed by atoms with Gasteiger partial charge in [-0.25, -0.2) is 4.79 Å². The summed E-state index contributed by atoms with van der Waals surface area (Å²) in [5.41, 5.74) is 2.08. The maximum Gasteiger partial charge on any atom is 0.329 e. The molecule has 0 aliphatic carbocycles. The molecule has 1 aromatic carbocycles. The van der Waals surface area contributed by atoms with Crippen molar-refractivity contribution >= 4 is 42.9 Å². The molecular weight excluding hydrogens is 336 g/mol. The fourth-order valence-corrected chi connectivity index (χ4v) is 2.58. The van der Waals surface area contributed by atoms with Crippen molar-refractivity contribution in [3.05, 3.63) is 34.7 Å². The van der Waals surface area contributed by atoms with Gasteiger partial charge in [-0.3, -0.25) is 9.13 Å². The van der Waals surface area contributed by atoms with Crippen molar-refractivity contribution in [2.24, 2.45) is 0 Å². The van der Waals surface area contributed by atoms with Crippen molar-refractivity contribution in [1.29, 1.82) is 0 Å². The first-order valence-electron chi connectivity index (χ1n) is 5.09. The van der Waals surface area contributed by atoms with Crippen molar-refractivity contribution in [2.45, 2.75) is 13.1 Å². The highest BCUT2D eigenvalue weighted by molar-refractivity contribution is 9.09. The number of aryl methyl sites for hydroxylation is 2. The van der Waals surface area contributed by atoms with E-state index in [1.54, 1.807) is 0 Å². The predicted molar refractivity (Wildman–Crippen MR) is 73.8 cm³/mol. The zero-order valence-electron chi connectivity index (χ0n) is 8.70. The van der Waals surface area contributed by atoms with E-state index in [9.17, 15) is 4.79 Å². The quantitative estimate of drug-likeness (QED) is 0.781. The Bertz CT molecular complexity index is 498. The van der Waals surface area contributed by atoms with Crippen LogP contribution in [0, 0.1) is 0 Å². The van der Waals surface area contributed by atoms with E-state index in [2.05, 4.69) is 31.9 Å². The molecule has 1 heterocycles. The molecule has 0 N–H and O–H groups in total. The second-order valence-electron chi connectivity index (χ2n) is 3.45. The second kappa shape index (κ2) is 5.19. The van der Waals surface area contributed by atoms with Gasteiger partial charge in [-0.05, 0) is 12.1 Å². The zero-order chi connectivity index (χ0) is 11.5. The van der Waals surface area contributed by atoms with Crippen LogP contribution in [0.1, 0.15) is 0 Å². The first kappa shape index (κ1) is 11.9. The Kier molecular flexibility index (Phi) is 3.86. The molecule has 0 atom stereocenters. The Morgan fingerprint density at radius 1 is 0.938 bits per heavy atom. The summed E-state index contributed by atoms with van der Waals surface area (Å²) >= 11 is 6.75. The zero-order valence-corrected chi connectivity index (χ0v) is 11.9. The highest BCUT2D eigenvalue weighted by Gasteiger charge is 2.10. The fraction of sp³-hybridized carbons (Fsp3) is 0.364. The summed E-state index contributed by atoms with van der Waals surface area (Å²) in [5.74, 6) is 0. The van der Waals surface area contributed by atoms with Crippen molar-refractivity contribution < 1.29 is 0 Å². The maximum atomic E-state index is 12.2. The number of aromatic nitrogens is 2. The van der Waals surface area contributed by atoms with Crippen molar-refractivity contribution in [3.63, 3.8) is 0 Å². The van der Waals surface area contributed by atoms with Gasteiger partial charge in [-0.2, -0.15) is 0 Å². The van der Waals surface area contributed by atoms with E-state index < -0.39 is 0 Å². The van der Waals surface area contributed by atoms with E-state index in [0.29, 0.717) is 13.1 Å². The Labute approximate surface area is 110 Å². The number of rotatable bonds is 4. The highest BCUT2D eigenvalue weighted by Crippen LogP contribution is 2.13. The number of imidazole rings is 1. The van der Waals surface area contributed by atoms with Gasteiger partial charge in [-0.1, -0.05) is 44.0 Å². The lowest BCUT2D eigenvalue weighted by molar-refractivity contribution is 0.681. The average Bonchev–Trinajstić information content (AvgIpc) is 2.56. The van der Waals surface area contributed by atoms with E-state index in [1.165, 1.54) is 0 Å². The molecule has 0 unspecified atom stereocenters. The number of nitrogens with zero attached hydrogens (tertiary/aromatic N) is 2. The third-order valence-corrected chi connectivity index (χ3v) is 3.25. The van der Waals surface area contributed by atoms with Crippen LogP contribution in [0.3, 0.4) is 0 Å². The Balaban J connectivity index is 2.70. The molecule has 5 heteroatoms. The molecule has 0 saturated heterocycles. The van der Waals surface area contributed by atoms with Gasteiger partial charge >= 0.3 is 5.69 Å². The van der Waals surface area contributed by atoms with Crippen LogP contribution in [0.2, 0.25) is 0 Å². The summed E-state index contributed by atoms with van der Waals surface area (Å²) < 4.78 is 3.62. The first-order valence-corrected chi connectivity index (χ1v) is 7.34. The minimum absolute atomic E-state index is 0.0695. The molecule has 3 nitrogen and oxygen atoms in total. The van der Waals surface area contributed by atoms with Crippen LogP contribution in [-0.4, -0.2) is 19.8 Å². The molecule has 0 amide bonds. The second-order valence-corrected chi connectivity index (χ2v) is 5.04. The largest absolute Gasteiger partial charge is 0.329 e. The fourth-order valence-electron chi connectivity index (χ4n) is 1.87. The number of halogens is 2. The number of para-hydroxylation sites is 2. The van der Waals surface area contributed by atoms with E-state index in [-0.39, 0.29) is 5.69 Å². The van der Waals surface area contributed by atoms with Crippen molar-refractivity contribution in [3.8, 4) is 0 Å². The molecule has 0 aliphatic rings. The number of hydrogen-bond acceptors (Lipinski definition) is 1. The first-order chi connectivity index (χ1) is 7.79. The summed E-state index contributed by atoms with van der Waals surface area (Å²) in [5, 5.41) is 1.57. The lowest BCUT2D eigenvalue weighted by Gasteiger charge is -1.97. The number of benzene rings is 1. The molecular formula is C11H12Br2N2O. The van der Waals surface area contributed by atoms with Crippen molar-refractivity contribution in [1.82, 2.24) is 9.13 Å². The third-order valence-electron chi connectivity index (χ3n) is 2.54. The molecule has 0 aliphatic heterocycles. The van der Waals surface area contributed by atoms with Crippen molar-refractivity contribution in [2.75, 3.05) is 10.7 Å². The number of fused-ring (bicyclic) bond motifs is 1. The predicted octanol–water partition coefficient (Wildman–Crippen LogP) is 2.59. The molecule has 2 aromatic rings. The molecule has 0 bridgehead atoms. The van der Waals surface area contributed by atoms with Gasteiger partial charge in [0.15, 0.2) is 0 Å². The summed E-state index contributed by atoms with van der Waals surface area (Å²) in [7, 11) is 0. The third kappa shape index (κ3) is 1.98. The Morgan fingerprint density at radius 3 is 1.75 bits per heavy atom. The van der Waals surface area contributed by atoms with E-state index >= 15 is 0 Å². The molecule has 16 heavy (non-hydrogen) atoms. The minimum Gasteiger partial charge on any atom is -0.291 e. The molecule has 0 saturated carbocycles. The van der Waals surface area contributed by atoms with Gasteiger partial charge in [0.1, 0.15) is 0 Å². The van der Waals surface area contributed by atoms with E-state index in [1.807, 2.05) is 33.4 Å². The van der Waals surface area contributed by atoms with Crippen LogP contribution in [0.25, 0.3) is 11.0 Å². The summed E-state index contributed by atoms with van der Waals surface area (Å²) in [6.07, 6.45) is 0. The van der Waals surface area contributed by atoms with Crippen LogP contribution in [0.4, 0.5) is 0 Å². The minimum atomic E-state index is 0.0695. The van der Waals surface area contributed by atoms with Crippen LogP contribution in [0.15, 0.2) is 29.1 Å². The van der Waals surface area contributed by atoms with Gasteiger partial charge in [-0.15, -0.1) is 0 Å². The van der Waals surface area contributed by atoms with Gasteiger partial charge in [0, 0.05) is 23.7 Å². The smallest absolute Gasteiger partial charge is 0.291 e. The number of hydrogen-bond donors (Lipinski definition) is 0. The van der Waals surface area contributed by atoms with E-state index in [0.717, 1.165) is 21.7 Å². The molecule has 0 fully saturated rings. The SMILES string of the molecule is O=c1n(CCBr)c2ccccc2n1CCBr. The normalized spacial score (nSPS) is 11.1. The van der Waals surface area contributed by atoms with Crippen LogP contribution in [-0.2, 0) is 13.1 Å². The molecule has 0 radical (unpaired) electrons. The molecule has 86 valence electrons. The summed E-state index contributed by atoms with van der Waals surface area (Å²) in [4.78, 5) is 12.2. The lowest BCUT2D eigenvalue weighted by atomic mass is 10.3.